The van der Waals surface area contributed by atoms with Crippen LogP contribution in [0.15, 0.2) is 29.2 Å². The lowest BCUT2D eigenvalue weighted by Gasteiger charge is -2.22. The highest BCUT2D eigenvalue weighted by molar-refractivity contribution is 7.89. The van der Waals surface area contributed by atoms with Crippen LogP contribution >= 0.6 is 0 Å². The highest BCUT2D eigenvalue weighted by Crippen LogP contribution is 2.29. The molecule has 2 aliphatic rings. The summed E-state index contributed by atoms with van der Waals surface area (Å²) in [6.45, 7) is 1.05. The van der Waals surface area contributed by atoms with Crippen LogP contribution in [0.3, 0.4) is 0 Å². The average Bonchev–Trinajstić information content (AvgIpc) is 3.27. The summed E-state index contributed by atoms with van der Waals surface area (Å²) in [7, 11) is -3.55. The third kappa shape index (κ3) is 3.17. The van der Waals surface area contributed by atoms with Crippen LogP contribution in [0.1, 0.15) is 48.9 Å². The average molecular weight is 347 g/mol. The number of amides is 1. The van der Waals surface area contributed by atoms with Crippen molar-refractivity contribution in [2.75, 3.05) is 13.1 Å². The van der Waals surface area contributed by atoms with Crippen LogP contribution in [0.25, 0.3) is 0 Å². The smallest absolute Gasteiger partial charge is 0.252 e. The highest BCUT2D eigenvalue weighted by Gasteiger charge is 2.36. The minimum atomic E-state index is -3.55. The molecule has 0 radical (unpaired) electrons. The van der Waals surface area contributed by atoms with Crippen molar-refractivity contribution in [2.45, 2.75) is 49.0 Å². The third-order valence-corrected chi connectivity index (χ3v) is 6.72. The lowest BCUT2D eigenvalue weighted by Crippen LogP contribution is -2.45. The van der Waals surface area contributed by atoms with Crippen LogP contribution in [0.5, 0.6) is 0 Å². The van der Waals surface area contributed by atoms with E-state index in [4.69, 9.17) is 0 Å². The zero-order valence-corrected chi connectivity index (χ0v) is 14.3. The molecule has 0 spiro atoms. The normalized spacial score (nSPS) is 20.6. The lowest BCUT2D eigenvalue weighted by molar-refractivity contribution is 0.0920. The Labute approximate surface area is 142 Å². The van der Waals surface area contributed by atoms with E-state index >= 15 is 0 Å². The fourth-order valence-electron chi connectivity index (χ4n) is 3.41. The molecule has 1 aromatic carbocycles. The van der Waals surface area contributed by atoms with Gasteiger partial charge in [0.25, 0.3) is 5.91 Å². The Morgan fingerprint density at radius 1 is 1.17 bits per heavy atom. The summed E-state index contributed by atoms with van der Waals surface area (Å²) < 4.78 is 26.7. The van der Waals surface area contributed by atoms with E-state index in [1.54, 1.807) is 12.1 Å². The van der Waals surface area contributed by atoms with Gasteiger partial charge in [0, 0.05) is 18.7 Å². The first-order chi connectivity index (χ1) is 11.5. The molecule has 2 fully saturated rings. The van der Waals surface area contributed by atoms with E-state index in [0.29, 0.717) is 25.9 Å². The number of nitriles is 1. The molecular formula is C17H21N3O3S. The number of carbonyl (C=O) groups excluding carboxylic acids is 1. The Kier molecular flexibility index (Phi) is 4.61. The van der Waals surface area contributed by atoms with Gasteiger partial charge in [0.15, 0.2) is 0 Å². The number of benzene rings is 1. The summed E-state index contributed by atoms with van der Waals surface area (Å²) in [6.07, 6.45) is 4.84. The first kappa shape index (κ1) is 16.9. The van der Waals surface area contributed by atoms with Crippen molar-refractivity contribution in [2.24, 2.45) is 0 Å². The third-order valence-electron chi connectivity index (χ3n) is 4.82. The minimum absolute atomic E-state index is 0.134. The fourth-order valence-corrected chi connectivity index (χ4v) is 4.97. The molecule has 3 rings (SSSR count). The first-order valence-corrected chi connectivity index (χ1v) is 9.75. The predicted octanol–water partition coefficient (Wildman–Crippen LogP) is 2.04. The predicted molar refractivity (Wildman–Crippen MR) is 88.7 cm³/mol. The van der Waals surface area contributed by atoms with Crippen molar-refractivity contribution >= 4 is 15.9 Å². The Bertz CT molecular complexity index is 771. The van der Waals surface area contributed by atoms with E-state index < -0.39 is 21.5 Å². The number of hydrogen-bond donors (Lipinski definition) is 1. The number of sulfonamides is 1. The van der Waals surface area contributed by atoms with E-state index in [9.17, 15) is 18.5 Å². The standard InChI is InChI=1S/C17H21N3O3S/c18-13-17(8-1-2-9-17)19-16(21)14-6-5-7-15(12-14)24(22,23)20-10-3-4-11-20/h5-7,12H,1-4,8-11H2,(H,19,21). The summed E-state index contributed by atoms with van der Waals surface area (Å²) >= 11 is 0. The van der Waals surface area contributed by atoms with Crippen molar-refractivity contribution in [1.29, 1.82) is 5.26 Å². The van der Waals surface area contributed by atoms with Crippen LogP contribution < -0.4 is 5.32 Å². The highest BCUT2D eigenvalue weighted by atomic mass is 32.2. The van der Waals surface area contributed by atoms with Crippen LogP contribution in [-0.4, -0.2) is 37.3 Å². The molecule has 0 bridgehead atoms. The summed E-state index contributed by atoms with van der Waals surface area (Å²) in [5.74, 6) is -0.392. The molecule has 0 unspecified atom stereocenters. The van der Waals surface area contributed by atoms with E-state index in [0.717, 1.165) is 25.7 Å². The molecule has 0 atom stereocenters. The number of rotatable bonds is 4. The van der Waals surface area contributed by atoms with Gasteiger partial charge in [0.1, 0.15) is 5.54 Å². The molecule has 7 heteroatoms. The van der Waals surface area contributed by atoms with Gasteiger partial charge in [0.2, 0.25) is 10.0 Å². The summed E-state index contributed by atoms with van der Waals surface area (Å²) in [5.41, 5.74) is -0.544. The van der Waals surface area contributed by atoms with Gasteiger partial charge in [0.05, 0.1) is 11.0 Å². The number of hydrogen-bond acceptors (Lipinski definition) is 4. The van der Waals surface area contributed by atoms with Gasteiger partial charge in [-0.25, -0.2) is 8.42 Å². The van der Waals surface area contributed by atoms with Gasteiger partial charge in [-0.15, -0.1) is 0 Å². The molecule has 0 aromatic heterocycles. The van der Waals surface area contributed by atoms with Crippen LogP contribution in [0, 0.1) is 11.3 Å². The number of nitrogens with one attached hydrogen (secondary N) is 1. The minimum Gasteiger partial charge on any atom is -0.334 e. The summed E-state index contributed by atoms with van der Waals surface area (Å²) in [6, 6.07) is 8.29. The molecule has 1 heterocycles. The van der Waals surface area contributed by atoms with E-state index in [1.165, 1.54) is 16.4 Å². The Hall–Kier alpha value is -1.91. The SMILES string of the molecule is N#CC1(NC(=O)c2cccc(S(=O)(=O)N3CCCC3)c2)CCCC1. The van der Waals surface area contributed by atoms with Crippen molar-refractivity contribution in [3.05, 3.63) is 29.8 Å². The van der Waals surface area contributed by atoms with Gasteiger partial charge in [-0.05, 0) is 56.7 Å². The molecule has 1 aliphatic carbocycles. The molecule has 1 aliphatic heterocycles. The maximum absolute atomic E-state index is 12.6. The molecule has 1 saturated carbocycles. The first-order valence-electron chi connectivity index (χ1n) is 8.31. The van der Waals surface area contributed by atoms with E-state index in [2.05, 4.69) is 11.4 Å². The van der Waals surface area contributed by atoms with Crippen molar-refractivity contribution in [3.8, 4) is 6.07 Å². The number of carbonyl (C=O) groups is 1. The molecule has 1 amide bonds. The molecule has 6 nitrogen and oxygen atoms in total. The van der Waals surface area contributed by atoms with E-state index in [-0.39, 0.29) is 10.5 Å². The van der Waals surface area contributed by atoms with Gasteiger partial charge in [-0.1, -0.05) is 6.07 Å². The molecule has 1 saturated heterocycles. The second-order valence-electron chi connectivity index (χ2n) is 6.49. The quantitative estimate of drug-likeness (QED) is 0.902. The van der Waals surface area contributed by atoms with Crippen LogP contribution in [0.4, 0.5) is 0 Å². The molecule has 24 heavy (non-hydrogen) atoms. The fraction of sp³-hybridized carbons (Fsp3) is 0.529. The maximum Gasteiger partial charge on any atom is 0.252 e. The van der Waals surface area contributed by atoms with Gasteiger partial charge >= 0.3 is 0 Å². The van der Waals surface area contributed by atoms with Gasteiger partial charge in [-0.2, -0.15) is 9.57 Å². The molecule has 1 aromatic rings. The second-order valence-corrected chi connectivity index (χ2v) is 8.43. The zero-order valence-electron chi connectivity index (χ0n) is 13.5. The Balaban J connectivity index is 1.82. The number of nitrogens with zero attached hydrogens (tertiary/aromatic N) is 2. The topological polar surface area (TPSA) is 90.3 Å². The molecule has 1 N–H and O–H groups in total. The van der Waals surface area contributed by atoms with Crippen LogP contribution in [0.2, 0.25) is 0 Å². The maximum atomic E-state index is 12.6. The second kappa shape index (κ2) is 6.54. The van der Waals surface area contributed by atoms with Gasteiger partial charge in [-0.3, -0.25) is 4.79 Å². The largest absolute Gasteiger partial charge is 0.334 e. The van der Waals surface area contributed by atoms with Crippen LogP contribution in [-0.2, 0) is 10.0 Å². The zero-order chi connectivity index (χ0) is 17.2. The van der Waals surface area contributed by atoms with Crippen molar-refractivity contribution in [1.82, 2.24) is 9.62 Å². The lowest BCUT2D eigenvalue weighted by atomic mass is 9.99. The van der Waals surface area contributed by atoms with Gasteiger partial charge < -0.3 is 5.32 Å². The van der Waals surface area contributed by atoms with Crippen molar-refractivity contribution in [3.63, 3.8) is 0 Å². The molecule has 128 valence electrons. The Morgan fingerprint density at radius 3 is 2.46 bits per heavy atom. The molecular weight excluding hydrogens is 326 g/mol. The van der Waals surface area contributed by atoms with E-state index in [1.807, 2.05) is 0 Å². The Morgan fingerprint density at radius 2 is 1.83 bits per heavy atom. The summed E-state index contributed by atoms with van der Waals surface area (Å²) in [4.78, 5) is 12.6. The van der Waals surface area contributed by atoms with Crippen molar-refractivity contribution < 1.29 is 13.2 Å². The summed E-state index contributed by atoms with van der Waals surface area (Å²) in [5, 5.41) is 12.2. The monoisotopic (exact) mass is 347 g/mol.